The first-order valence-corrected chi connectivity index (χ1v) is 7.25. The third kappa shape index (κ3) is 2.75. The Balaban J connectivity index is 1.67. The predicted octanol–water partition coefficient (Wildman–Crippen LogP) is 4.33. The molecule has 0 heterocycles. The van der Waals surface area contributed by atoms with Crippen LogP contribution in [0.15, 0.2) is 53.0 Å². The Hall–Kier alpha value is -1.68. The van der Waals surface area contributed by atoms with Crippen molar-refractivity contribution in [3.8, 4) is 0 Å². The van der Waals surface area contributed by atoms with Crippen LogP contribution in [0.3, 0.4) is 0 Å². The Morgan fingerprint density at radius 2 is 1.95 bits per heavy atom. The molecule has 0 spiro atoms. The number of rotatable bonds is 3. The summed E-state index contributed by atoms with van der Waals surface area (Å²) in [5.41, 5.74) is 1.40. The highest BCUT2D eigenvalue weighted by Gasteiger charge is 2.43. The summed E-state index contributed by atoms with van der Waals surface area (Å²) >= 11 is 3.19. The number of carbonyl (C=O) groups is 1. The van der Waals surface area contributed by atoms with Crippen LogP contribution < -0.4 is 5.32 Å². The number of halogens is 2. The minimum atomic E-state index is -0.426. The lowest BCUT2D eigenvalue weighted by atomic mass is 10.1. The van der Waals surface area contributed by atoms with Crippen LogP contribution in [0.1, 0.15) is 17.9 Å². The molecule has 0 saturated heterocycles. The molecule has 1 aliphatic carbocycles. The number of amides is 1. The van der Waals surface area contributed by atoms with E-state index in [0.29, 0.717) is 4.47 Å². The fourth-order valence-corrected chi connectivity index (χ4v) is 2.70. The van der Waals surface area contributed by atoms with Gasteiger partial charge in [-0.05, 0) is 36.1 Å². The lowest BCUT2D eigenvalue weighted by Crippen LogP contribution is -2.15. The zero-order valence-corrected chi connectivity index (χ0v) is 12.2. The van der Waals surface area contributed by atoms with E-state index in [0.717, 1.165) is 6.42 Å². The number of carbonyl (C=O) groups excluding carboxylic acids is 1. The molecule has 2 atom stereocenters. The van der Waals surface area contributed by atoms with Crippen LogP contribution in [0.5, 0.6) is 0 Å². The number of nitrogens with one attached hydrogen (secondary N) is 1. The largest absolute Gasteiger partial charge is 0.323 e. The average molecular weight is 334 g/mol. The minimum absolute atomic E-state index is 0.0551. The molecule has 0 aromatic heterocycles. The zero-order valence-electron chi connectivity index (χ0n) is 10.6. The van der Waals surface area contributed by atoms with E-state index in [1.165, 1.54) is 11.6 Å². The second-order valence-corrected chi connectivity index (χ2v) is 5.89. The fourth-order valence-electron chi connectivity index (χ4n) is 2.37. The maximum atomic E-state index is 13.7. The van der Waals surface area contributed by atoms with Gasteiger partial charge in [-0.25, -0.2) is 4.39 Å². The maximum absolute atomic E-state index is 13.7. The third-order valence-corrected chi connectivity index (χ3v) is 4.04. The molecule has 2 nitrogen and oxygen atoms in total. The van der Waals surface area contributed by atoms with E-state index in [-0.39, 0.29) is 23.4 Å². The molecule has 2 aromatic rings. The van der Waals surface area contributed by atoms with Crippen LogP contribution in [-0.2, 0) is 4.79 Å². The topological polar surface area (TPSA) is 29.1 Å². The van der Waals surface area contributed by atoms with Gasteiger partial charge < -0.3 is 5.32 Å². The summed E-state index contributed by atoms with van der Waals surface area (Å²) in [5, 5.41) is 2.66. The number of hydrogen-bond donors (Lipinski definition) is 1. The number of hydrogen-bond acceptors (Lipinski definition) is 1. The Kier molecular flexibility index (Phi) is 3.57. The van der Waals surface area contributed by atoms with Crippen molar-refractivity contribution in [3.63, 3.8) is 0 Å². The van der Waals surface area contributed by atoms with Crippen LogP contribution in [0.25, 0.3) is 0 Å². The molecular weight excluding hydrogens is 321 g/mol. The van der Waals surface area contributed by atoms with E-state index >= 15 is 0 Å². The highest BCUT2D eigenvalue weighted by atomic mass is 79.9. The smallest absolute Gasteiger partial charge is 0.228 e. The van der Waals surface area contributed by atoms with E-state index in [1.54, 1.807) is 12.1 Å². The second kappa shape index (κ2) is 5.37. The molecule has 4 heteroatoms. The summed E-state index contributed by atoms with van der Waals surface area (Å²) in [6.07, 6.45) is 0.827. The normalized spacial score (nSPS) is 20.5. The first kappa shape index (κ1) is 13.3. The van der Waals surface area contributed by atoms with Gasteiger partial charge in [0.1, 0.15) is 5.82 Å². The summed E-state index contributed by atoms with van der Waals surface area (Å²) in [7, 11) is 0. The molecule has 1 saturated carbocycles. The quantitative estimate of drug-likeness (QED) is 0.889. The number of benzene rings is 2. The molecule has 0 unspecified atom stereocenters. The van der Waals surface area contributed by atoms with Crippen molar-refractivity contribution in [3.05, 3.63) is 64.4 Å². The Morgan fingerprint density at radius 1 is 1.20 bits per heavy atom. The molecule has 0 radical (unpaired) electrons. The van der Waals surface area contributed by atoms with Gasteiger partial charge in [0, 0.05) is 10.4 Å². The molecule has 0 bridgehead atoms. The molecule has 3 rings (SSSR count). The maximum Gasteiger partial charge on any atom is 0.228 e. The Bertz CT molecular complexity index is 644. The highest BCUT2D eigenvalue weighted by Crippen LogP contribution is 2.47. The monoisotopic (exact) mass is 333 g/mol. The van der Waals surface area contributed by atoms with Crippen LogP contribution in [0.2, 0.25) is 0 Å². The van der Waals surface area contributed by atoms with E-state index in [1.807, 2.05) is 30.3 Å². The van der Waals surface area contributed by atoms with E-state index in [4.69, 9.17) is 0 Å². The van der Waals surface area contributed by atoms with Gasteiger partial charge in [0.25, 0.3) is 0 Å². The van der Waals surface area contributed by atoms with Crippen LogP contribution in [0, 0.1) is 11.7 Å². The van der Waals surface area contributed by atoms with E-state index in [9.17, 15) is 9.18 Å². The first-order chi connectivity index (χ1) is 9.65. The van der Waals surface area contributed by atoms with Crippen molar-refractivity contribution in [2.75, 3.05) is 5.32 Å². The summed E-state index contributed by atoms with van der Waals surface area (Å²) in [4.78, 5) is 12.1. The standard InChI is InChI=1S/C16H13BrFNO/c17-11-6-7-15(14(18)8-11)19-16(20)13-9-12(13)10-4-2-1-3-5-10/h1-8,12-13H,9H2,(H,19,20)/t12-,13+/m0/s1. The van der Waals surface area contributed by atoms with Gasteiger partial charge in [-0.15, -0.1) is 0 Å². The van der Waals surface area contributed by atoms with Gasteiger partial charge in [0.2, 0.25) is 5.91 Å². The van der Waals surface area contributed by atoms with Gasteiger partial charge >= 0.3 is 0 Å². The van der Waals surface area contributed by atoms with Gasteiger partial charge in [-0.3, -0.25) is 4.79 Å². The lowest BCUT2D eigenvalue weighted by Gasteiger charge is -2.06. The molecular formula is C16H13BrFNO. The van der Waals surface area contributed by atoms with Crippen molar-refractivity contribution in [1.29, 1.82) is 0 Å². The molecule has 1 aliphatic rings. The van der Waals surface area contributed by atoms with E-state index in [2.05, 4.69) is 21.2 Å². The van der Waals surface area contributed by atoms with Gasteiger partial charge in [-0.1, -0.05) is 46.3 Å². The summed E-state index contributed by atoms with van der Waals surface area (Å²) < 4.78 is 14.3. The summed E-state index contributed by atoms with van der Waals surface area (Å²) in [6, 6.07) is 14.6. The third-order valence-electron chi connectivity index (χ3n) is 3.54. The molecule has 1 N–H and O–H groups in total. The summed E-state index contributed by atoms with van der Waals surface area (Å²) in [6.45, 7) is 0. The fraction of sp³-hybridized carbons (Fsp3) is 0.188. The Labute approximate surface area is 125 Å². The number of anilines is 1. The molecule has 1 amide bonds. The molecule has 1 fully saturated rings. The van der Waals surface area contributed by atoms with Crippen molar-refractivity contribution >= 4 is 27.5 Å². The molecule has 2 aromatic carbocycles. The van der Waals surface area contributed by atoms with Crippen LogP contribution in [0.4, 0.5) is 10.1 Å². The van der Waals surface area contributed by atoms with E-state index < -0.39 is 5.82 Å². The van der Waals surface area contributed by atoms with Gasteiger partial charge in [-0.2, -0.15) is 0 Å². The Morgan fingerprint density at radius 3 is 2.65 bits per heavy atom. The predicted molar refractivity (Wildman–Crippen MR) is 80.0 cm³/mol. The first-order valence-electron chi connectivity index (χ1n) is 6.46. The zero-order chi connectivity index (χ0) is 14.1. The highest BCUT2D eigenvalue weighted by molar-refractivity contribution is 9.10. The van der Waals surface area contributed by atoms with Crippen molar-refractivity contribution in [1.82, 2.24) is 0 Å². The molecule has 20 heavy (non-hydrogen) atoms. The second-order valence-electron chi connectivity index (χ2n) is 4.97. The van der Waals surface area contributed by atoms with Crippen LogP contribution in [-0.4, -0.2) is 5.91 Å². The van der Waals surface area contributed by atoms with Gasteiger partial charge in [0.15, 0.2) is 0 Å². The molecule has 102 valence electrons. The summed E-state index contributed by atoms with van der Waals surface area (Å²) in [5.74, 6) is -0.333. The SMILES string of the molecule is O=C(Nc1ccc(Br)cc1F)[C@@H]1C[C@H]1c1ccccc1. The molecule has 0 aliphatic heterocycles. The van der Waals surface area contributed by atoms with Crippen molar-refractivity contribution in [2.45, 2.75) is 12.3 Å². The van der Waals surface area contributed by atoms with Crippen LogP contribution >= 0.6 is 15.9 Å². The van der Waals surface area contributed by atoms with Crippen molar-refractivity contribution in [2.24, 2.45) is 5.92 Å². The van der Waals surface area contributed by atoms with Crippen molar-refractivity contribution < 1.29 is 9.18 Å². The average Bonchev–Trinajstić information content (AvgIpc) is 3.23. The minimum Gasteiger partial charge on any atom is -0.323 e. The van der Waals surface area contributed by atoms with Gasteiger partial charge in [0.05, 0.1) is 5.69 Å². The lowest BCUT2D eigenvalue weighted by molar-refractivity contribution is -0.117.